The van der Waals surface area contributed by atoms with Crippen molar-refractivity contribution in [1.29, 1.82) is 0 Å². The second-order valence-corrected chi connectivity index (χ2v) is 6.32. The molecule has 1 heterocycles. The first-order chi connectivity index (χ1) is 11.5. The molecule has 2 aromatic rings. The Balaban J connectivity index is 1.49. The van der Waals surface area contributed by atoms with E-state index in [4.69, 9.17) is 0 Å². The van der Waals surface area contributed by atoms with E-state index in [-0.39, 0.29) is 23.7 Å². The second-order valence-electron chi connectivity index (χ2n) is 6.32. The maximum atomic E-state index is 12.3. The number of aromatic nitrogens is 1. The van der Waals surface area contributed by atoms with Crippen molar-refractivity contribution in [3.63, 3.8) is 0 Å². The Hall–Kier alpha value is -2.69. The molecule has 0 bridgehead atoms. The van der Waals surface area contributed by atoms with Crippen molar-refractivity contribution in [3.8, 4) is 0 Å². The molecule has 5 heteroatoms. The lowest BCUT2D eigenvalue weighted by Gasteiger charge is -2.08. The number of carbonyl (C=O) groups is 2. The zero-order chi connectivity index (χ0) is 17.1. The van der Waals surface area contributed by atoms with Crippen LogP contribution in [0.15, 0.2) is 42.7 Å². The highest BCUT2D eigenvalue weighted by molar-refractivity contribution is 5.99. The lowest BCUT2D eigenvalue weighted by molar-refractivity contribution is -0.125. The molecule has 1 fully saturated rings. The molecule has 0 spiro atoms. The SMILES string of the molecule is Cc1ccc(NC(=O)C2CC2C(=O)NCc2cccnc2)cc1C. The summed E-state index contributed by atoms with van der Waals surface area (Å²) in [7, 11) is 0. The molecule has 1 aliphatic carbocycles. The van der Waals surface area contributed by atoms with Crippen LogP contribution >= 0.6 is 0 Å². The Morgan fingerprint density at radius 1 is 1.12 bits per heavy atom. The van der Waals surface area contributed by atoms with E-state index < -0.39 is 0 Å². The van der Waals surface area contributed by atoms with Gasteiger partial charge in [0.1, 0.15) is 0 Å². The van der Waals surface area contributed by atoms with Crippen LogP contribution in [0.25, 0.3) is 0 Å². The maximum absolute atomic E-state index is 12.3. The minimum absolute atomic E-state index is 0.0703. The van der Waals surface area contributed by atoms with Crippen molar-refractivity contribution < 1.29 is 9.59 Å². The molecule has 3 rings (SSSR count). The fourth-order valence-corrected chi connectivity index (χ4v) is 2.65. The third kappa shape index (κ3) is 3.79. The van der Waals surface area contributed by atoms with Gasteiger partial charge in [-0.05, 0) is 55.2 Å². The van der Waals surface area contributed by atoms with Gasteiger partial charge in [-0.2, -0.15) is 0 Å². The third-order valence-corrected chi connectivity index (χ3v) is 4.43. The Labute approximate surface area is 141 Å². The van der Waals surface area contributed by atoms with Crippen LogP contribution in [-0.2, 0) is 16.1 Å². The fraction of sp³-hybridized carbons (Fsp3) is 0.316. The number of rotatable bonds is 5. The van der Waals surface area contributed by atoms with Gasteiger partial charge < -0.3 is 10.6 Å². The quantitative estimate of drug-likeness (QED) is 0.888. The summed E-state index contributed by atoms with van der Waals surface area (Å²) in [6, 6.07) is 9.56. The number of aryl methyl sites for hydroxylation is 2. The molecule has 24 heavy (non-hydrogen) atoms. The molecular formula is C19H21N3O2. The summed E-state index contributed by atoms with van der Waals surface area (Å²) in [6.45, 7) is 4.48. The molecule has 5 nitrogen and oxygen atoms in total. The van der Waals surface area contributed by atoms with Crippen molar-refractivity contribution in [2.24, 2.45) is 11.8 Å². The van der Waals surface area contributed by atoms with Crippen LogP contribution in [0, 0.1) is 25.7 Å². The average molecular weight is 323 g/mol. The Kier molecular flexibility index (Phi) is 4.60. The van der Waals surface area contributed by atoms with Crippen molar-refractivity contribution in [1.82, 2.24) is 10.3 Å². The van der Waals surface area contributed by atoms with Gasteiger partial charge in [0, 0.05) is 24.6 Å². The highest BCUT2D eigenvalue weighted by atomic mass is 16.2. The van der Waals surface area contributed by atoms with E-state index in [1.807, 2.05) is 44.2 Å². The van der Waals surface area contributed by atoms with Crippen LogP contribution in [0.3, 0.4) is 0 Å². The number of amides is 2. The van der Waals surface area contributed by atoms with Crippen LogP contribution in [0.1, 0.15) is 23.1 Å². The highest BCUT2D eigenvalue weighted by Gasteiger charge is 2.47. The number of hydrogen-bond donors (Lipinski definition) is 2. The first kappa shape index (κ1) is 16.2. The molecule has 0 aliphatic heterocycles. The number of hydrogen-bond acceptors (Lipinski definition) is 3. The second kappa shape index (κ2) is 6.83. The van der Waals surface area contributed by atoms with E-state index in [0.717, 1.165) is 16.8 Å². The van der Waals surface area contributed by atoms with Gasteiger partial charge in [0.05, 0.1) is 11.8 Å². The summed E-state index contributed by atoms with van der Waals surface area (Å²) < 4.78 is 0. The van der Waals surface area contributed by atoms with Gasteiger partial charge in [-0.3, -0.25) is 14.6 Å². The van der Waals surface area contributed by atoms with E-state index in [9.17, 15) is 9.59 Å². The molecule has 1 saturated carbocycles. The average Bonchev–Trinajstić information content (AvgIpc) is 3.38. The molecular weight excluding hydrogens is 302 g/mol. The minimum atomic E-state index is -0.236. The lowest BCUT2D eigenvalue weighted by Crippen LogP contribution is -2.27. The molecule has 0 saturated heterocycles. The van der Waals surface area contributed by atoms with E-state index in [2.05, 4.69) is 15.6 Å². The Bertz CT molecular complexity index is 758. The number of nitrogens with zero attached hydrogens (tertiary/aromatic N) is 1. The minimum Gasteiger partial charge on any atom is -0.352 e. The van der Waals surface area contributed by atoms with E-state index in [1.54, 1.807) is 12.4 Å². The Morgan fingerprint density at radius 3 is 2.62 bits per heavy atom. The van der Waals surface area contributed by atoms with Crippen molar-refractivity contribution in [2.45, 2.75) is 26.8 Å². The van der Waals surface area contributed by atoms with E-state index >= 15 is 0 Å². The molecule has 2 unspecified atom stereocenters. The van der Waals surface area contributed by atoms with Crippen molar-refractivity contribution >= 4 is 17.5 Å². The zero-order valence-corrected chi connectivity index (χ0v) is 13.9. The van der Waals surface area contributed by atoms with Gasteiger partial charge in [0.25, 0.3) is 0 Å². The van der Waals surface area contributed by atoms with Crippen LogP contribution < -0.4 is 10.6 Å². The number of nitrogens with one attached hydrogen (secondary N) is 2. The standard InChI is InChI=1S/C19H21N3O2/c1-12-5-6-15(8-13(12)2)22-19(24)17-9-16(17)18(23)21-11-14-4-3-7-20-10-14/h3-8,10,16-17H,9,11H2,1-2H3,(H,21,23)(H,22,24). The van der Waals surface area contributed by atoms with Gasteiger partial charge in [0.2, 0.25) is 11.8 Å². The largest absolute Gasteiger partial charge is 0.352 e. The van der Waals surface area contributed by atoms with Crippen molar-refractivity contribution in [2.75, 3.05) is 5.32 Å². The molecule has 1 aromatic heterocycles. The summed E-state index contributed by atoms with van der Waals surface area (Å²) in [5, 5.41) is 5.77. The van der Waals surface area contributed by atoms with Crippen LogP contribution in [0.4, 0.5) is 5.69 Å². The molecule has 2 N–H and O–H groups in total. The van der Waals surface area contributed by atoms with Gasteiger partial charge in [-0.1, -0.05) is 12.1 Å². The first-order valence-electron chi connectivity index (χ1n) is 8.09. The zero-order valence-electron chi connectivity index (χ0n) is 13.9. The van der Waals surface area contributed by atoms with Crippen LogP contribution in [-0.4, -0.2) is 16.8 Å². The topological polar surface area (TPSA) is 71.1 Å². The van der Waals surface area contributed by atoms with E-state index in [1.165, 1.54) is 5.56 Å². The highest BCUT2D eigenvalue weighted by Crippen LogP contribution is 2.39. The maximum Gasteiger partial charge on any atom is 0.228 e. The predicted octanol–water partition coefficient (Wildman–Crippen LogP) is 2.59. The summed E-state index contributed by atoms with van der Waals surface area (Å²) in [6.07, 6.45) is 4.02. The monoisotopic (exact) mass is 323 g/mol. The lowest BCUT2D eigenvalue weighted by atomic mass is 10.1. The number of anilines is 1. The number of carbonyl (C=O) groups excluding carboxylic acids is 2. The smallest absolute Gasteiger partial charge is 0.228 e. The molecule has 1 aliphatic rings. The molecule has 0 radical (unpaired) electrons. The van der Waals surface area contributed by atoms with E-state index in [0.29, 0.717) is 13.0 Å². The molecule has 2 amide bonds. The van der Waals surface area contributed by atoms with Gasteiger partial charge in [0.15, 0.2) is 0 Å². The van der Waals surface area contributed by atoms with Crippen LogP contribution in [0.5, 0.6) is 0 Å². The number of pyridine rings is 1. The first-order valence-corrected chi connectivity index (χ1v) is 8.09. The molecule has 1 aromatic carbocycles. The summed E-state index contributed by atoms with van der Waals surface area (Å²) in [4.78, 5) is 28.4. The van der Waals surface area contributed by atoms with Crippen molar-refractivity contribution in [3.05, 3.63) is 59.4 Å². The molecule has 124 valence electrons. The Morgan fingerprint density at radius 2 is 1.92 bits per heavy atom. The van der Waals surface area contributed by atoms with Crippen LogP contribution in [0.2, 0.25) is 0 Å². The third-order valence-electron chi connectivity index (χ3n) is 4.43. The van der Waals surface area contributed by atoms with Gasteiger partial charge >= 0.3 is 0 Å². The summed E-state index contributed by atoms with van der Waals surface area (Å²) in [5.74, 6) is -0.618. The number of benzene rings is 1. The summed E-state index contributed by atoms with van der Waals surface area (Å²) >= 11 is 0. The van der Waals surface area contributed by atoms with Gasteiger partial charge in [-0.15, -0.1) is 0 Å². The fourth-order valence-electron chi connectivity index (χ4n) is 2.65. The van der Waals surface area contributed by atoms with Gasteiger partial charge in [-0.25, -0.2) is 0 Å². The predicted molar refractivity (Wildman–Crippen MR) is 92.2 cm³/mol. The summed E-state index contributed by atoms with van der Waals surface area (Å²) in [5.41, 5.74) is 4.05. The molecule has 2 atom stereocenters. The normalized spacial score (nSPS) is 18.8.